The Balaban J connectivity index is 2.61. The first-order valence-electron chi connectivity index (χ1n) is 5.57. The summed E-state index contributed by atoms with van der Waals surface area (Å²) in [4.78, 5) is 12.3. The molecule has 0 aromatic carbocycles. The molecule has 0 bridgehead atoms. The highest BCUT2D eigenvalue weighted by molar-refractivity contribution is 6.66. The summed E-state index contributed by atoms with van der Waals surface area (Å²) in [6, 6.07) is -0.555. The van der Waals surface area contributed by atoms with Crippen molar-refractivity contribution in [3.8, 4) is 0 Å². The Morgan fingerprint density at radius 3 is 2.30 bits per heavy atom. The second-order valence-corrected chi connectivity index (χ2v) is 7.36. The molecule has 2 aromatic rings. The van der Waals surface area contributed by atoms with E-state index < -0.39 is 15.2 Å². The first-order chi connectivity index (χ1) is 9.12. The number of halogens is 3. The monoisotopic (exact) mass is 336 g/mol. The molecule has 0 atom stereocenters. The Morgan fingerprint density at radius 1 is 1.20 bits per heavy atom. The molecule has 0 amide bonds. The molecule has 7 nitrogen and oxygen atoms in total. The van der Waals surface area contributed by atoms with Gasteiger partial charge in [-0.1, -0.05) is 66.0 Å². The maximum atomic E-state index is 12.3. The zero-order valence-corrected chi connectivity index (χ0v) is 13.1. The molecule has 0 aliphatic heterocycles. The largest absolute Gasteiger partial charge is 0.372 e. The second-order valence-electron chi connectivity index (χ2n) is 5.08. The molecule has 10 heteroatoms. The SMILES string of the molecule is CC(C)(C)c1c(C(Cl)(Cl)Cl)nnn1C(=O)n1ccnn1. The van der Waals surface area contributed by atoms with Gasteiger partial charge in [0, 0.05) is 5.41 Å². The Morgan fingerprint density at radius 2 is 1.85 bits per heavy atom. The minimum Gasteiger partial charge on any atom is -0.243 e. The molecule has 0 spiro atoms. The lowest BCUT2D eigenvalue weighted by Crippen LogP contribution is -2.29. The van der Waals surface area contributed by atoms with Crippen LogP contribution in [0.1, 0.15) is 32.2 Å². The smallest absolute Gasteiger partial charge is 0.243 e. The first kappa shape index (κ1) is 15.2. The highest BCUT2D eigenvalue weighted by Gasteiger charge is 2.38. The van der Waals surface area contributed by atoms with Gasteiger partial charge in [0.2, 0.25) is 3.79 Å². The molecular formula is C10H11Cl3N6O. The molecule has 2 rings (SSSR count). The van der Waals surface area contributed by atoms with Gasteiger partial charge < -0.3 is 0 Å². The van der Waals surface area contributed by atoms with E-state index in [4.69, 9.17) is 34.8 Å². The fourth-order valence-corrected chi connectivity index (χ4v) is 2.07. The third-order valence-corrected chi connectivity index (χ3v) is 2.99. The van der Waals surface area contributed by atoms with Crippen LogP contribution in [0.2, 0.25) is 0 Å². The van der Waals surface area contributed by atoms with Crippen LogP contribution in [0.5, 0.6) is 0 Å². The van der Waals surface area contributed by atoms with E-state index in [9.17, 15) is 4.79 Å². The molecule has 108 valence electrons. The molecule has 0 aliphatic carbocycles. The summed E-state index contributed by atoms with van der Waals surface area (Å²) in [5.41, 5.74) is 0.000360. The van der Waals surface area contributed by atoms with Gasteiger partial charge in [0.15, 0.2) is 0 Å². The Hall–Kier alpha value is -1.18. The Kier molecular flexibility index (Phi) is 3.79. The lowest BCUT2D eigenvalue weighted by Gasteiger charge is -2.22. The van der Waals surface area contributed by atoms with Gasteiger partial charge in [-0.2, -0.15) is 9.36 Å². The van der Waals surface area contributed by atoms with Crippen LogP contribution in [-0.4, -0.2) is 36.0 Å². The van der Waals surface area contributed by atoms with Gasteiger partial charge in [-0.3, -0.25) is 0 Å². The summed E-state index contributed by atoms with van der Waals surface area (Å²) in [5.74, 6) is 0. The molecule has 0 aliphatic rings. The first-order valence-corrected chi connectivity index (χ1v) is 6.70. The van der Waals surface area contributed by atoms with Gasteiger partial charge in [-0.25, -0.2) is 4.79 Å². The summed E-state index contributed by atoms with van der Waals surface area (Å²) in [6.45, 7) is 5.57. The van der Waals surface area contributed by atoms with E-state index in [0.29, 0.717) is 5.69 Å². The van der Waals surface area contributed by atoms with E-state index in [1.54, 1.807) is 0 Å². The van der Waals surface area contributed by atoms with Crippen LogP contribution in [0.4, 0.5) is 4.79 Å². The molecule has 0 N–H and O–H groups in total. The van der Waals surface area contributed by atoms with Crippen molar-refractivity contribution in [3.63, 3.8) is 0 Å². The van der Waals surface area contributed by atoms with Gasteiger partial charge >= 0.3 is 6.03 Å². The molecule has 2 aromatic heterocycles. The summed E-state index contributed by atoms with van der Waals surface area (Å²) in [5, 5.41) is 14.8. The fraction of sp³-hybridized carbons (Fsp3) is 0.500. The van der Waals surface area contributed by atoms with Crippen molar-refractivity contribution in [2.45, 2.75) is 30.0 Å². The highest BCUT2D eigenvalue weighted by Crippen LogP contribution is 2.41. The van der Waals surface area contributed by atoms with Gasteiger partial charge in [-0.15, -0.1) is 10.2 Å². The van der Waals surface area contributed by atoms with Gasteiger partial charge in [0.25, 0.3) is 0 Å². The van der Waals surface area contributed by atoms with Crippen molar-refractivity contribution in [2.24, 2.45) is 0 Å². The average Bonchev–Trinajstić information content (AvgIpc) is 2.95. The van der Waals surface area contributed by atoms with Crippen LogP contribution in [0.15, 0.2) is 12.4 Å². The number of hydrogen-bond acceptors (Lipinski definition) is 5. The number of carbonyl (C=O) groups is 1. The molecule has 0 saturated carbocycles. The van der Waals surface area contributed by atoms with E-state index in [0.717, 1.165) is 9.36 Å². The number of rotatable bonds is 0. The van der Waals surface area contributed by atoms with Gasteiger partial charge in [0.05, 0.1) is 18.1 Å². The molecule has 2 heterocycles. The summed E-state index contributed by atoms with van der Waals surface area (Å²) in [6.07, 6.45) is 2.77. The van der Waals surface area contributed by atoms with Crippen LogP contribution in [0, 0.1) is 0 Å². The number of nitrogens with zero attached hydrogens (tertiary/aromatic N) is 6. The molecule has 0 unspecified atom stereocenters. The molecule has 0 saturated heterocycles. The van der Waals surface area contributed by atoms with Crippen LogP contribution in [-0.2, 0) is 9.21 Å². The quantitative estimate of drug-likeness (QED) is 0.690. The minimum absolute atomic E-state index is 0.114. The van der Waals surface area contributed by atoms with Gasteiger partial charge in [0.1, 0.15) is 5.69 Å². The molecule has 0 radical (unpaired) electrons. The van der Waals surface area contributed by atoms with Crippen molar-refractivity contribution in [3.05, 3.63) is 23.8 Å². The number of hydrogen-bond donors (Lipinski definition) is 0. The number of alkyl halides is 3. The van der Waals surface area contributed by atoms with Crippen molar-refractivity contribution in [1.82, 2.24) is 30.0 Å². The zero-order chi connectivity index (χ0) is 15.1. The predicted molar refractivity (Wildman–Crippen MR) is 74.2 cm³/mol. The molecular weight excluding hydrogens is 327 g/mol. The Bertz CT molecular complexity index is 622. The molecule has 20 heavy (non-hydrogen) atoms. The lowest BCUT2D eigenvalue weighted by atomic mass is 9.90. The number of carbonyl (C=O) groups excluding carboxylic acids is 1. The summed E-state index contributed by atoms with van der Waals surface area (Å²) < 4.78 is 0.307. The van der Waals surface area contributed by atoms with Crippen molar-refractivity contribution in [1.29, 1.82) is 0 Å². The lowest BCUT2D eigenvalue weighted by molar-refractivity contribution is 0.235. The van der Waals surface area contributed by atoms with Gasteiger partial charge in [-0.05, 0) is 0 Å². The highest BCUT2D eigenvalue weighted by atomic mass is 35.6. The topological polar surface area (TPSA) is 78.5 Å². The normalized spacial score (nSPS) is 12.7. The number of aromatic nitrogens is 6. The fourth-order valence-electron chi connectivity index (χ4n) is 1.69. The van der Waals surface area contributed by atoms with E-state index in [1.165, 1.54) is 12.4 Å². The standard InChI is InChI=1S/C10H11Cl3N6O/c1-9(2,3)7-6(10(11,12)13)15-17-19(7)8(20)18-5-4-14-16-18/h4-5H,1-3H3. The third kappa shape index (κ3) is 2.79. The maximum absolute atomic E-state index is 12.3. The third-order valence-electron chi connectivity index (χ3n) is 2.45. The van der Waals surface area contributed by atoms with E-state index >= 15 is 0 Å². The maximum Gasteiger partial charge on any atom is 0.372 e. The second kappa shape index (κ2) is 4.98. The minimum atomic E-state index is -1.77. The van der Waals surface area contributed by atoms with Crippen molar-refractivity contribution < 1.29 is 4.79 Å². The predicted octanol–water partition coefficient (Wildman–Crippen LogP) is 2.51. The summed E-state index contributed by atoms with van der Waals surface area (Å²) in [7, 11) is 0. The van der Waals surface area contributed by atoms with Crippen molar-refractivity contribution in [2.75, 3.05) is 0 Å². The van der Waals surface area contributed by atoms with Crippen molar-refractivity contribution >= 4 is 40.8 Å². The van der Waals surface area contributed by atoms with E-state index in [2.05, 4.69) is 20.6 Å². The molecule has 0 fully saturated rings. The zero-order valence-electron chi connectivity index (χ0n) is 10.9. The van der Waals surface area contributed by atoms with Crippen LogP contribution in [0.3, 0.4) is 0 Å². The van der Waals surface area contributed by atoms with E-state index in [1.807, 2.05) is 20.8 Å². The summed E-state index contributed by atoms with van der Waals surface area (Å²) >= 11 is 17.6. The van der Waals surface area contributed by atoms with Crippen LogP contribution >= 0.6 is 34.8 Å². The van der Waals surface area contributed by atoms with E-state index in [-0.39, 0.29) is 5.69 Å². The van der Waals surface area contributed by atoms with Crippen LogP contribution < -0.4 is 0 Å². The van der Waals surface area contributed by atoms with Crippen LogP contribution in [0.25, 0.3) is 0 Å². The Labute approximate surface area is 129 Å². The average molecular weight is 338 g/mol.